The zero-order chi connectivity index (χ0) is 61.3. The van der Waals surface area contributed by atoms with Crippen molar-refractivity contribution >= 4 is 57.1 Å². The van der Waals surface area contributed by atoms with Gasteiger partial charge in [0.1, 0.15) is 47.7 Å². The molecule has 0 atom stereocenters. The SMILES string of the molecule is COc1ccc(N=Nc2c(C)n[nH]c2N=Nc2cc3c(O)c(c2)Cc2cccc(c2OCc2ccc([N+](=O)[O-])cc2)Cc2cc(N=Nc4[nH]nc(C)c4N=Nc4ccc(OC)cc4)cc(c2O)Cc2cccc(c2OCc2ccc([N+](=O)[O-])cc2)C3)cc1. The molecule has 10 aromatic rings. The van der Waals surface area contributed by atoms with E-state index >= 15 is 0 Å². The number of aromatic amines is 2. The average Bonchev–Trinajstić information content (AvgIpc) is 4.31. The number of hydrogen-bond acceptors (Lipinski definition) is 20. The van der Waals surface area contributed by atoms with Gasteiger partial charge in [-0.25, -0.2) is 0 Å². The Morgan fingerprint density at radius 1 is 0.443 bits per heavy atom. The van der Waals surface area contributed by atoms with Gasteiger partial charge in [-0.3, -0.25) is 30.4 Å². The minimum Gasteiger partial charge on any atom is -0.507 e. The van der Waals surface area contributed by atoms with Crippen LogP contribution in [-0.2, 0) is 38.9 Å². The summed E-state index contributed by atoms with van der Waals surface area (Å²) in [4.78, 5) is 22.3. The number of H-pyrrole nitrogens is 2. The van der Waals surface area contributed by atoms with E-state index in [0.717, 1.165) is 0 Å². The Morgan fingerprint density at radius 2 is 0.773 bits per heavy atom. The maximum absolute atomic E-state index is 12.6. The number of methoxy groups -OCH3 is 2. The maximum atomic E-state index is 12.6. The average molecular weight is 1180 g/mol. The molecule has 1 aliphatic rings. The fraction of sp³-hybridized carbons (Fsp3) is 0.156. The molecule has 2 aromatic heterocycles. The molecule has 11 rings (SSSR count). The van der Waals surface area contributed by atoms with E-state index < -0.39 is 9.85 Å². The molecule has 0 radical (unpaired) electrons. The zero-order valence-corrected chi connectivity index (χ0v) is 47.8. The highest BCUT2D eigenvalue weighted by atomic mass is 16.6. The van der Waals surface area contributed by atoms with Gasteiger partial charge in [0.15, 0.2) is 23.0 Å². The highest BCUT2D eigenvalue weighted by molar-refractivity contribution is 5.64. The minimum absolute atomic E-state index is 0.000252. The molecule has 2 heterocycles. The minimum atomic E-state index is -0.472. The summed E-state index contributed by atoms with van der Waals surface area (Å²) < 4.78 is 24.1. The number of hydrogen-bond donors (Lipinski definition) is 4. The predicted molar refractivity (Wildman–Crippen MR) is 325 cm³/mol. The molecule has 1 aliphatic carbocycles. The number of aryl methyl sites for hydroxylation is 2. The lowest BCUT2D eigenvalue weighted by Gasteiger charge is -2.21. The topological polar surface area (TPSA) is 320 Å². The van der Waals surface area contributed by atoms with Crippen LogP contribution >= 0.6 is 0 Å². The summed E-state index contributed by atoms with van der Waals surface area (Å²) in [6.45, 7) is 3.53. The number of benzene rings is 8. The quantitative estimate of drug-likeness (QED) is 0.0354. The molecule has 0 saturated heterocycles. The fourth-order valence-corrected chi connectivity index (χ4v) is 9.84. The van der Waals surface area contributed by atoms with Crippen LogP contribution in [0, 0.1) is 34.1 Å². The molecule has 0 saturated carbocycles. The number of nitro groups is 2. The van der Waals surface area contributed by atoms with E-state index in [-0.39, 0.29) is 73.4 Å². The van der Waals surface area contributed by atoms with Gasteiger partial charge in [-0.05, 0) is 144 Å². The van der Waals surface area contributed by atoms with Crippen molar-refractivity contribution in [3.05, 3.63) is 245 Å². The first kappa shape index (κ1) is 58.0. The predicted octanol–water partition coefficient (Wildman–Crippen LogP) is 16.5. The van der Waals surface area contributed by atoms with Crippen LogP contribution in [0.3, 0.4) is 0 Å². The van der Waals surface area contributed by atoms with Gasteiger partial charge in [0.2, 0.25) is 0 Å². The Kier molecular flexibility index (Phi) is 17.1. The monoisotopic (exact) mass is 1180 g/mol. The number of fused-ring (bicyclic) bond motifs is 8. The highest BCUT2D eigenvalue weighted by Crippen LogP contribution is 2.43. The van der Waals surface area contributed by atoms with E-state index in [1.165, 1.54) is 24.3 Å². The molecule has 440 valence electrons. The lowest BCUT2D eigenvalue weighted by molar-refractivity contribution is -0.385. The number of azo groups is 4. The number of para-hydroxylation sites is 2. The van der Waals surface area contributed by atoms with E-state index in [9.17, 15) is 30.4 Å². The molecule has 0 amide bonds. The lowest BCUT2D eigenvalue weighted by atomic mass is 9.91. The van der Waals surface area contributed by atoms with Crippen molar-refractivity contribution in [2.45, 2.75) is 52.7 Å². The molecule has 0 fully saturated rings. The number of aromatic hydroxyl groups is 2. The molecule has 24 nitrogen and oxygen atoms in total. The van der Waals surface area contributed by atoms with Crippen LogP contribution in [0.25, 0.3) is 0 Å². The zero-order valence-electron chi connectivity index (χ0n) is 47.8. The van der Waals surface area contributed by atoms with E-state index in [2.05, 4.69) is 51.1 Å². The summed E-state index contributed by atoms with van der Waals surface area (Å²) in [5.74, 6) is 2.59. The molecule has 88 heavy (non-hydrogen) atoms. The smallest absolute Gasteiger partial charge is 0.269 e. The van der Waals surface area contributed by atoms with Crippen LogP contribution in [-0.4, -0.2) is 54.7 Å². The van der Waals surface area contributed by atoms with Crippen LogP contribution in [0.15, 0.2) is 199 Å². The third-order valence-electron chi connectivity index (χ3n) is 14.4. The summed E-state index contributed by atoms with van der Waals surface area (Å²) >= 11 is 0. The summed E-state index contributed by atoms with van der Waals surface area (Å²) in [5.41, 5.74) is 9.14. The molecule has 0 spiro atoms. The van der Waals surface area contributed by atoms with E-state index in [1.54, 1.807) is 125 Å². The summed E-state index contributed by atoms with van der Waals surface area (Å²) in [6.07, 6.45) is 0.361. The first-order chi connectivity index (χ1) is 42.7. The second-order valence-corrected chi connectivity index (χ2v) is 20.4. The van der Waals surface area contributed by atoms with Crippen LogP contribution in [0.2, 0.25) is 0 Å². The van der Waals surface area contributed by atoms with E-state index in [0.29, 0.717) is 124 Å². The number of ether oxygens (including phenoxy) is 4. The Morgan fingerprint density at radius 3 is 1.09 bits per heavy atom. The normalized spacial score (nSPS) is 12.3. The number of rotatable bonds is 18. The van der Waals surface area contributed by atoms with Gasteiger partial charge in [-0.15, -0.1) is 30.7 Å². The number of nitrogens with zero attached hydrogens (tertiary/aromatic N) is 12. The standard InChI is InChI=1S/C64H54N14O10/c1-37-57(71-67-49-15-23-55(85-3)24-16-49)63(73-65-37)75-69-51-31-45-27-41-7-5-9-43(61(41)87-35-39-11-19-53(20-12-39)77(81)82)29-47-33-52(70-76-64-58(38(2)66-74-64)72-68-50-17-25-56(86-4)26-18-50)34-48(60(47)80)30-44-10-6-8-42(28-46(32-51)59(45)79)62(44)88-36-40-13-21-54(22-14-40)78(83)84/h5-26,31-34,79-80H,27-30,35-36H2,1-4H3,(H,65,73)(H,66,74). The van der Waals surface area contributed by atoms with Crippen LogP contribution in [0.1, 0.15) is 67.0 Å². The summed E-state index contributed by atoms with van der Waals surface area (Å²) in [6, 6.07) is 44.4. The second kappa shape index (κ2) is 26.0. The van der Waals surface area contributed by atoms with Crippen molar-refractivity contribution in [3.63, 3.8) is 0 Å². The molecule has 0 unspecified atom stereocenters. The first-order valence-electron chi connectivity index (χ1n) is 27.4. The third kappa shape index (κ3) is 13.4. The van der Waals surface area contributed by atoms with E-state index in [1.807, 2.05) is 36.4 Å². The lowest BCUT2D eigenvalue weighted by Crippen LogP contribution is -2.06. The largest absolute Gasteiger partial charge is 0.507 e. The number of nitro benzene ring substituents is 2. The van der Waals surface area contributed by atoms with E-state index in [4.69, 9.17) is 29.2 Å². The van der Waals surface area contributed by atoms with Crippen molar-refractivity contribution in [3.8, 4) is 34.5 Å². The molecular formula is C64H54N14O10. The fourth-order valence-electron chi connectivity index (χ4n) is 9.84. The first-order valence-corrected chi connectivity index (χ1v) is 27.4. The molecular weight excluding hydrogens is 1120 g/mol. The summed E-state index contributed by atoms with van der Waals surface area (Å²) in [5, 5.41) is 99.2. The second-order valence-electron chi connectivity index (χ2n) is 20.4. The third-order valence-corrected chi connectivity index (χ3v) is 14.4. The number of non-ortho nitro benzene ring substituents is 2. The van der Waals surface area contributed by atoms with Gasteiger partial charge < -0.3 is 29.2 Å². The van der Waals surface area contributed by atoms with Crippen molar-refractivity contribution in [2.24, 2.45) is 40.9 Å². The van der Waals surface area contributed by atoms with Gasteiger partial charge in [-0.1, -0.05) is 36.4 Å². The van der Waals surface area contributed by atoms with Crippen molar-refractivity contribution in [2.75, 3.05) is 14.2 Å². The Bertz CT molecular complexity index is 3980. The molecule has 24 heteroatoms. The van der Waals surface area contributed by atoms with Crippen molar-refractivity contribution in [1.82, 2.24) is 20.4 Å². The molecule has 8 aromatic carbocycles. The van der Waals surface area contributed by atoms with Gasteiger partial charge in [0.25, 0.3) is 11.4 Å². The maximum Gasteiger partial charge on any atom is 0.269 e. The Labute approximate surface area is 502 Å². The van der Waals surface area contributed by atoms with Crippen LogP contribution < -0.4 is 18.9 Å². The number of aromatic nitrogens is 4. The van der Waals surface area contributed by atoms with Gasteiger partial charge in [0, 0.05) is 72.2 Å². The van der Waals surface area contributed by atoms with Gasteiger partial charge in [0.05, 0.1) is 58.2 Å². The van der Waals surface area contributed by atoms with Gasteiger partial charge in [-0.2, -0.15) is 20.4 Å². The molecule has 8 bridgehead atoms. The number of phenols is 2. The van der Waals surface area contributed by atoms with Gasteiger partial charge >= 0.3 is 0 Å². The molecule has 4 N–H and O–H groups in total. The summed E-state index contributed by atoms with van der Waals surface area (Å²) in [7, 11) is 3.16. The molecule has 0 aliphatic heterocycles. The van der Waals surface area contributed by atoms with Crippen molar-refractivity contribution < 1.29 is 39.0 Å². The highest BCUT2D eigenvalue weighted by Gasteiger charge is 2.23. The number of phenolic OH excluding ortho intramolecular Hbond substituents is 2. The van der Waals surface area contributed by atoms with Crippen LogP contribution in [0.5, 0.6) is 34.5 Å². The number of nitrogens with one attached hydrogen (secondary N) is 2. The van der Waals surface area contributed by atoms with Crippen molar-refractivity contribution in [1.29, 1.82) is 0 Å². The Hall–Kier alpha value is -11.8. The van der Waals surface area contributed by atoms with Crippen LogP contribution in [0.4, 0.5) is 57.1 Å². The Balaban J connectivity index is 1.03.